The Morgan fingerprint density at radius 3 is 1.77 bits per heavy atom. The molecule has 9 aromatic carbocycles. The monoisotopic (exact) mass is 1970 g/mol. The van der Waals surface area contributed by atoms with Gasteiger partial charge in [0.15, 0.2) is 11.6 Å². The van der Waals surface area contributed by atoms with E-state index in [2.05, 4.69) is 210 Å². The number of Topliss-reactive ketones (excluding diaryl/α,β-unsaturated/α-hetero) is 2. The van der Waals surface area contributed by atoms with Gasteiger partial charge in [-0.3, -0.25) is 14.4 Å². The van der Waals surface area contributed by atoms with Crippen molar-refractivity contribution in [3.8, 4) is 11.5 Å². The quantitative estimate of drug-likeness (QED) is 0.0396. The van der Waals surface area contributed by atoms with Crippen molar-refractivity contribution in [2.24, 2.45) is 39.9 Å². The summed E-state index contributed by atoms with van der Waals surface area (Å²) in [5, 5.41) is 21.9. The Balaban J connectivity index is 0.000000124. The SMILES string of the molecule is CC(Cc1ccccc1)(NC(=O)CN)c1ccccc1.CC12CC3CC(C)(C1)CC(N)(C3)C2.CN1CCN2c3ncccc3Cc3ccccc3C2C1.CNC1(c2ccccc2Cl)CCCCC1=O.CNCCCC1c2ccccc2CCc2ccccc21.COc1ccc(C(CN(C)C)C2(O)CCCCC2)cc1.COc1ccc2c(c1)C13CCCCC1C(C2)N(C)C3.NC1(c2ccccc2Cl)CCCCC1=O. The van der Waals surface area contributed by atoms with Crippen molar-refractivity contribution < 1.29 is 29.0 Å². The normalized spacial score (nSPS) is 26.1. The number of halogens is 2. The molecule has 23 rings (SSSR count). The first-order valence-corrected chi connectivity index (χ1v) is 54.3. The number of likely N-dealkylation sites (tertiary alicyclic amines) is 1. The van der Waals surface area contributed by atoms with Gasteiger partial charge >= 0.3 is 0 Å². The second-order valence-electron chi connectivity index (χ2n) is 45.0. The number of pyridine rings is 1. The van der Waals surface area contributed by atoms with Gasteiger partial charge in [0.05, 0.1) is 37.9 Å². The predicted molar refractivity (Wildman–Crippen MR) is 587 cm³/mol. The molecule has 10 aliphatic carbocycles. The molecule has 19 heteroatoms. The van der Waals surface area contributed by atoms with E-state index in [4.69, 9.17) is 49.9 Å². The molecule has 1 aromatic heterocycles. The minimum atomic E-state index is -0.851. The molecule has 143 heavy (non-hydrogen) atoms. The van der Waals surface area contributed by atoms with E-state index in [9.17, 15) is 19.5 Å². The molecule has 3 aliphatic heterocycles. The molecule has 6 bridgehead atoms. The lowest BCUT2D eigenvalue weighted by atomic mass is 9.43. The highest BCUT2D eigenvalue weighted by atomic mass is 35.5. The van der Waals surface area contributed by atoms with Crippen LogP contribution in [0.1, 0.15) is 277 Å². The number of carbonyl (C=O) groups excluding carboxylic acids is 3. The number of nitrogens with one attached hydrogen (secondary N) is 3. The van der Waals surface area contributed by atoms with Crippen molar-refractivity contribution in [3.05, 3.63) is 331 Å². The van der Waals surface area contributed by atoms with Gasteiger partial charge in [-0.15, -0.1) is 0 Å². The third kappa shape index (κ3) is 25.5. The van der Waals surface area contributed by atoms with Crippen molar-refractivity contribution in [3.63, 3.8) is 0 Å². The zero-order chi connectivity index (χ0) is 101. The number of ketones is 2. The van der Waals surface area contributed by atoms with Crippen molar-refractivity contribution in [1.82, 2.24) is 35.6 Å². The van der Waals surface area contributed by atoms with Crippen LogP contribution in [-0.4, -0.2) is 162 Å². The summed E-state index contributed by atoms with van der Waals surface area (Å²) in [7, 11) is 16.0. The molecule has 764 valence electrons. The summed E-state index contributed by atoms with van der Waals surface area (Å²) in [6, 6.07) is 82.4. The number of piperazine rings is 1. The average molecular weight is 1970 g/mol. The molecule has 10 aromatic rings. The molecule has 17 nitrogen and oxygen atoms in total. The third-order valence-electron chi connectivity index (χ3n) is 33.9. The second kappa shape index (κ2) is 48.5. The van der Waals surface area contributed by atoms with Gasteiger partial charge in [-0.2, -0.15) is 0 Å². The highest BCUT2D eigenvalue weighted by Crippen LogP contribution is 2.66. The maximum Gasteiger partial charge on any atom is 0.234 e. The van der Waals surface area contributed by atoms with Gasteiger partial charge < -0.3 is 67.3 Å². The maximum absolute atomic E-state index is 12.2. The number of likely N-dealkylation sites (N-methyl/N-ethyl adjacent to an activating group) is 4. The summed E-state index contributed by atoms with van der Waals surface area (Å²) in [6.07, 6.45) is 35.7. The fraction of sp³-hybridized carbons (Fsp3) is 0.500. The van der Waals surface area contributed by atoms with Gasteiger partial charge in [0.1, 0.15) is 28.4 Å². The van der Waals surface area contributed by atoms with Crippen LogP contribution in [0.5, 0.6) is 11.5 Å². The molecule has 13 aliphatic rings. The first kappa shape index (κ1) is 108. The van der Waals surface area contributed by atoms with Gasteiger partial charge in [0.2, 0.25) is 5.91 Å². The predicted octanol–water partition coefficient (Wildman–Crippen LogP) is 22.9. The molecule has 4 heterocycles. The Hall–Kier alpha value is -9.44. The van der Waals surface area contributed by atoms with E-state index in [1.54, 1.807) is 42.5 Å². The Morgan fingerprint density at radius 2 is 1.17 bits per heavy atom. The van der Waals surface area contributed by atoms with Crippen LogP contribution in [0, 0.1) is 22.7 Å². The zero-order valence-electron chi connectivity index (χ0n) is 87.4. The number of hydrogen-bond acceptors (Lipinski definition) is 16. The number of rotatable bonds is 18. The molecular weight excluding hydrogens is 1810 g/mol. The number of methoxy groups -OCH3 is 2. The fourth-order valence-electron chi connectivity index (χ4n) is 28.0. The molecule has 10 unspecified atom stereocenters. The van der Waals surface area contributed by atoms with Gasteiger partial charge in [-0.25, -0.2) is 4.98 Å². The van der Waals surface area contributed by atoms with Gasteiger partial charge in [-0.05, 0) is 327 Å². The number of aromatic nitrogens is 1. The number of carbonyl (C=O) groups is 3. The molecule has 2 saturated heterocycles. The second-order valence-corrected chi connectivity index (χ2v) is 45.8. The van der Waals surface area contributed by atoms with Crippen molar-refractivity contribution in [2.75, 3.05) is 107 Å². The Labute approximate surface area is 865 Å². The van der Waals surface area contributed by atoms with Crippen molar-refractivity contribution in [1.29, 1.82) is 0 Å². The smallest absolute Gasteiger partial charge is 0.234 e. The van der Waals surface area contributed by atoms with Crippen LogP contribution in [0.2, 0.25) is 10.0 Å². The summed E-state index contributed by atoms with van der Waals surface area (Å²) < 4.78 is 10.7. The molecule has 10 fully saturated rings. The van der Waals surface area contributed by atoms with E-state index < -0.39 is 22.2 Å². The maximum atomic E-state index is 12.2. The van der Waals surface area contributed by atoms with Crippen LogP contribution in [0.15, 0.2) is 243 Å². The van der Waals surface area contributed by atoms with Gasteiger partial charge in [-0.1, -0.05) is 276 Å². The Morgan fingerprint density at radius 1 is 0.594 bits per heavy atom. The summed E-state index contributed by atoms with van der Waals surface area (Å²) in [6.45, 7) is 13.4. The van der Waals surface area contributed by atoms with Gasteiger partial charge in [0.25, 0.3) is 0 Å². The van der Waals surface area contributed by atoms with Crippen LogP contribution in [0.4, 0.5) is 5.82 Å². The van der Waals surface area contributed by atoms with E-state index in [1.165, 1.54) is 154 Å². The van der Waals surface area contributed by atoms with E-state index in [0.717, 1.165) is 149 Å². The molecular formula is C124H163Cl2N11O6. The van der Waals surface area contributed by atoms with E-state index in [1.807, 2.05) is 130 Å². The number of anilines is 1. The largest absolute Gasteiger partial charge is 0.497 e. The number of fused-ring (bicyclic) bond motifs is 8. The standard InChI is InChI=1S/C19H23N.C17H19N3.C17H20N2O.C17H27NO2.C17H23NO.C13H16ClNO.C12H14ClNO.C12H21N/c1-20-14-6-11-19-17-9-4-2-7-15(17)12-13-16-8-3-5-10-18(16)19;1-19-9-10-20-16(12-19)15-7-3-2-5-13(15)11-14-6-4-8-18-17(14)20;1-17(19-16(20)13-18,15-10-6-3-7-11-15)12-14-8-4-2-5-9-14;1-18(2)13-16(17(19)11-5-4-6-12-17)14-7-9-15(20-3)10-8-14;1-18-11-17-8-4-3-5-14(17)16(18)9-12-6-7-13(19-2)10-15(12)17;1-15-13(9-5-4-8-12(13)16)10-6-2-3-7-11(10)14;13-10-6-2-1-5-9(10)12(14)8-4-3-7-11(12)15;1-10-3-9-4-11(2,6-10)8-12(13,5-9)7-10/h2-5,7-10,19-20H,6,11-14H2,1H3;2-8,16H,9-12H2,1H3;2-11H,12-13,18H2,1H3,(H,19,20);7-10,16,19H,4-6,11-13H2,1-3H3;6-7,10,14,16H,3-5,8-9,11H2,1-2H3;2-3,6-7,15H,4-5,8-9H2,1H3;1-2,5-6H,3-4,7-8,14H2;9H,3-8,13H2,1-2H3. The van der Waals surface area contributed by atoms with Crippen molar-refractivity contribution in [2.45, 2.75) is 270 Å². The molecule has 1 amide bonds. The Kier molecular flexibility index (Phi) is 36.5. The number of aryl methyl sites for hydroxylation is 2. The van der Waals surface area contributed by atoms with E-state index in [0.29, 0.717) is 57.5 Å². The van der Waals surface area contributed by atoms with Gasteiger partial charge in [0, 0.05) is 97.1 Å². The Bertz CT molecular complexity index is 5740. The number of nitrogens with two attached hydrogens (primary N) is 3. The fourth-order valence-corrected chi connectivity index (χ4v) is 28.6. The number of amides is 1. The van der Waals surface area contributed by atoms with E-state index in [-0.39, 0.29) is 35.5 Å². The summed E-state index contributed by atoms with van der Waals surface area (Å²) in [4.78, 5) is 50.2. The molecule has 10 N–H and O–H groups in total. The lowest BCUT2D eigenvalue weighted by molar-refractivity contribution is -0.128. The zero-order valence-corrected chi connectivity index (χ0v) is 88.9. The van der Waals surface area contributed by atoms with Crippen LogP contribution < -0.4 is 47.5 Å². The number of nitrogens with zero attached hydrogens (tertiary/aromatic N) is 5. The highest BCUT2D eigenvalue weighted by Gasteiger charge is 2.60. The average Bonchev–Trinajstić information content (AvgIpc) is 1.67. The minimum absolute atomic E-state index is 0.00276. The number of benzene rings is 9. The van der Waals surface area contributed by atoms with Crippen LogP contribution >= 0.6 is 23.2 Å². The topological polar surface area (TPSA) is 230 Å². The summed E-state index contributed by atoms with van der Waals surface area (Å²) >= 11 is 12.3. The summed E-state index contributed by atoms with van der Waals surface area (Å²) in [5.74, 6) is 5.88. The van der Waals surface area contributed by atoms with E-state index >= 15 is 0 Å². The molecule has 0 radical (unpaired) electrons. The number of aliphatic hydroxyl groups is 1. The highest BCUT2D eigenvalue weighted by molar-refractivity contribution is 6.32. The molecule has 0 spiro atoms. The summed E-state index contributed by atoms with van der Waals surface area (Å²) in [5.41, 5.74) is 36.3. The number of ether oxygens (including phenoxy) is 2. The van der Waals surface area contributed by atoms with Crippen LogP contribution in [0.3, 0.4) is 0 Å². The minimum Gasteiger partial charge on any atom is -0.497 e. The molecule has 8 saturated carbocycles. The van der Waals surface area contributed by atoms with Crippen molar-refractivity contribution >= 4 is 46.5 Å². The first-order chi connectivity index (χ1) is 68.9. The molecule has 10 atom stereocenters. The first-order valence-electron chi connectivity index (χ1n) is 53.5. The lowest BCUT2D eigenvalue weighted by Crippen LogP contribution is -2.62. The van der Waals surface area contributed by atoms with Crippen LogP contribution in [-0.2, 0) is 68.5 Å². The third-order valence-corrected chi connectivity index (χ3v) is 34.6. The lowest BCUT2D eigenvalue weighted by Gasteiger charge is -2.64. The van der Waals surface area contributed by atoms with Crippen LogP contribution in [0.25, 0.3) is 0 Å². The number of hydrogen-bond donors (Lipinski definition) is 7.